The maximum Gasteiger partial charge on any atom is 0.234 e. The predicted octanol–water partition coefficient (Wildman–Crippen LogP) is 3.21. The van der Waals surface area contributed by atoms with Crippen molar-refractivity contribution in [3.05, 3.63) is 18.3 Å². The van der Waals surface area contributed by atoms with E-state index in [4.69, 9.17) is 4.74 Å². The molecule has 1 aromatic heterocycles. The van der Waals surface area contributed by atoms with Gasteiger partial charge in [0.1, 0.15) is 6.10 Å². The number of carbonyl (C=O) groups is 1. The maximum atomic E-state index is 12.6. The van der Waals surface area contributed by atoms with Crippen LogP contribution >= 0.6 is 0 Å². The summed E-state index contributed by atoms with van der Waals surface area (Å²) in [7, 11) is -1.78. The Hall–Kier alpha value is -1.83. The van der Waals surface area contributed by atoms with Crippen LogP contribution in [0.4, 0.5) is 5.69 Å². The van der Waals surface area contributed by atoms with Crippen LogP contribution in [0.1, 0.15) is 58.3 Å². The molecule has 7 nitrogen and oxygen atoms in total. The summed E-state index contributed by atoms with van der Waals surface area (Å²) in [4.78, 5) is 18.8. The van der Waals surface area contributed by atoms with Crippen LogP contribution in [0, 0.1) is 5.92 Å². The number of amides is 1. The summed E-state index contributed by atoms with van der Waals surface area (Å²) in [5, 5.41) is 0. The Labute approximate surface area is 174 Å². The molecule has 1 amide bonds. The van der Waals surface area contributed by atoms with Gasteiger partial charge in [-0.25, -0.2) is 13.4 Å². The molecular formula is C21H33N3O4S. The minimum atomic E-state index is -3.30. The smallest absolute Gasteiger partial charge is 0.234 e. The second-order valence-corrected chi connectivity index (χ2v) is 10.4. The summed E-state index contributed by atoms with van der Waals surface area (Å²) < 4.78 is 31.1. The molecule has 1 aliphatic heterocycles. The number of carbonyl (C=O) groups excluding carboxylic acids is 1. The average Bonchev–Trinajstić information content (AvgIpc) is 2.75. The van der Waals surface area contributed by atoms with Gasteiger partial charge in [-0.2, -0.15) is 0 Å². The van der Waals surface area contributed by atoms with E-state index in [1.54, 1.807) is 19.1 Å². The van der Waals surface area contributed by atoms with E-state index >= 15 is 0 Å². The Bertz CT molecular complexity index is 768. The molecule has 8 heteroatoms. The minimum Gasteiger partial charge on any atom is -0.474 e. The molecule has 2 aliphatic rings. The molecule has 3 rings (SSSR count). The van der Waals surface area contributed by atoms with Crippen molar-refractivity contribution < 1.29 is 17.9 Å². The summed E-state index contributed by atoms with van der Waals surface area (Å²) in [6.07, 6.45) is 10.1. The van der Waals surface area contributed by atoms with Gasteiger partial charge < -0.3 is 9.64 Å². The molecule has 1 aromatic rings. The monoisotopic (exact) mass is 423 g/mol. The number of rotatable bonds is 7. The quantitative estimate of drug-likeness (QED) is 0.673. The van der Waals surface area contributed by atoms with Gasteiger partial charge in [-0.05, 0) is 31.7 Å². The number of nitrogens with zero attached hydrogens (tertiary/aromatic N) is 3. The Morgan fingerprint density at radius 1 is 1.17 bits per heavy atom. The number of sulfonamides is 1. The van der Waals surface area contributed by atoms with E-state index in [0.717, 1.165) is 25.9 Å². The molecule has 0 bridgehead atoms. The average molecular weight is 424 g/mol. The minimum absolute atomic E-state index is 0.0317. The number of piperidine rings is 1. The summed E-state index contributed by atoms with van der Waals surface area (Å²) in [5.41, 5.74) is 0.516. The lowest BCUT2D eigenvalue weighted by Gasteiger charge is -2.33. The van der Waals surface area contributed by atoms with Crippen LogP contribution in [0.15, 0.2) is 18.3 Å². The van der Waals surface area contributed by atoms with Crippen molar-refractivity contribution in [1.82, 2.24) is 9.88 Å². The normalized spacial score (nSPS) is 19.2. The maximum absolute atomic E-state index is 12.6. The number of ether oxygens (including phenoxy) is 1. The van der Waals surface area contributed by atoms with Gasteiger partial charge in [0.05, 0.1) is 17.6 Å². The van der Waals surface area contributed by atoms with Crippen molar-refractivity contribution >= 4 is 21.6 Å². The lowest BCUT2D eigenvalue weighted by Crippen LogP contribution is -2.42. The molecule has 0 N–H and O–H groups in total. The molecule has 2 fully saturated rings. The third kappa shape index (κ3) is 5.84. The molecule has 29 heavy (non-hydrogen) atoms. The van der Waals surface area contributed by atoms with Gasteiger partial charge in [0.2, 0.25) is 21.8 Å². The largest absolute Gasteiger partial charge is 0.474 e. The lowest BCUT2D eigenvalue weighted by atomic mass is 9.86. The Kier molecular flexibility index (Phi) is 7.38. The number of anilines is 1. The zero-order valence-corrected chi connectivity index (χ0v) is 18.4. The molecule has 1 saturated carbocycles. The zero-order chi connectivity index (χ0) is 20.9. The summed E-state index contributed by atoms with van der Waals surface area (Å²) in [5.74, 6) is 1.39. The third-order valence-corrected chi connectivity index (χ3v) is 7.91. The second kappa shape index (κ2) is 9.78. The van der Waals surface area contributed by atoms with Crippen LogP contribution in [0.5, 0.6) is 5.88 Å². The first kappa shape index (κ1) is 21.9. The highest BCUT2D eigenvalue weighted by molar-refractivity contribution is 7.92. The first-order valence-corrected chi connectivity index (χ1v) is 12.4. The Morgan fingerprint density at radius 2 is 1.86 bits per heavy atom. The van der Waals surface area contributed by atoms with Crippen LogP contribution in [0.2, 0.25) is 0 Å². The molecule has 2 heterocycles. The fourth-order valence-corrected chi connectivity index (χ4v) is 4.96. The molecule has 0 radical (unpaired) electrons. The van der Waals surface area contributed by atoms with Crippen molar-refractivity contribution in [3.63, 3.8) is 0 Å². The van der Waals surface area contributed by atoms with Crippen LogP contribution in [-0.2, 0) is 14.8 Å². The lowest BCUT2D eigenvalue weighted by molar-refractivity contribution is -0.134. The van der Waals surface area contributed by atoms with Gasteiger partial charge in [0, 0.05) is 45.5 Å². The van der Waals surface area contributed by atoms with E-state index < -0.39 is 10.0 Å². The van der Waals surface area contributed by atoms with E-state index in [2.05, 4.69) is 4.98 Å². The highest BCUT2D eigenvalue weighted by Gasteiger charge is 2.26. The van der Waals surface area contributed by atoms with Crippen LogP contribution in [-0.4, -0.2) is 56.2 Å². The molecule has 162 valence electrons. The van der Waals surface area contributed by atoms with E-state index in [-0.39, 0.29) is 17.8 Å². The summed E-state index contributed by atoms with van der Waals surface area (Å²) in [6, 6.07) is 3.41. The Balaban J connectivity index is 1.46. The van der Waals surface area contributed by atoms with Gasteiger partial charge in [-0.3, -0.25) is 9.10 Å². The van der Waals surface area contributed by atoms with E-state index in [0.29, 0.717) is 23.9 Å². The predicted molar refractivity (Wildman–Crippen MR) is 114 cm³/mol. The van der Waals surface area contributed by atoms with Crippen molar-refractivity contribution in [2.75, 3.05) is 30.2 Å². The van der Waals surface area contributed by atoms with Gasteiger partial charge in [0.15, 0.2) is 0 Å². The van der Waals surface area contributed by atoms with E-state index in [1.165, 1.54) is 49.7 Å². The van der Waals surface area contributed by atoms with Gasteiger partial charge in [-0.15, -0.1) is 0 Å². The number of likely N-dealkylation sites (tertiary alicyclic amines) is 1. The molecule has 0 aromatic carbocycles. The summed E-state index contributed by atoms with van der Waals surface area (Å²) in [6.45, 7) is 3.07. The number of pyridine rings is 1. The molecule has 1 saturated heterocycles. The third-order valence-electron chi connectivity index (χ3n) is 6.14. The second-order valence-electron chi connectivity index (χ2n) is 8.13. The first-order valence-electron chi connectivity index (χ1n) is 10.8. The van der Waals surface area contributed by atoms with Crippen molar-refractivity contribution in [1.29, 1.82) is 0 Å². The number of hydrogen-bond acceptors (Lipinski definition) is 5. The fraction of sp³-hybridized carbons (Fsp3) is 0.714. The molecule has 0 spiro atoms. The van der Waals surface area contributed by atoms with Gasteiger partial charge in [-0.1, -0.05) is 19.3 Å². The van der Waals surface area contributed by atoms with Crippen molar-refractivity contribution in [3.8, 4) is 5.88 Å². The van der Waals surface area contributed by atoms with Gasteiger partial charge in [0.25, 0.3) is 0 Å². The van der Waals surface area contributed by atoms with E-state index in [1.807, 2.05) is 4.90 Å². The van der Waals surface area contributed by atoms with Crippen LogP contribution in [0.3, 0.4) is 0 Å². The van der Waals surface area contributed by atoms with Crippen molar-refractivity contribution in [2.24, 2.45) is 5.92 Å². The van der Waals surface area contributed by atoms with Crippen LogP contribution < -0.4 is 9.04 Å². The van der Waals surface area contributed by atoms with E-state index in [9.17, 15) is 13.2 Å². The first-order chi connectivity index (χ1) is 13.9. The summed E-state index contributed by atoms with van der Waals surface area (Å²) >= 11 is 0. The number of aromatic nitrogens is 1. The Morgan fingerprint density at radius 3 is 2.45 bits per heavy atom. The molecule has 0 atom stereocenters. The number of hydrogen-bond donors (Lipinski definition) is 0. The molecule has 0 unspecified atom stereocenters. The van der Waals surface area contributed by atoms with Gasteiger partial charge >= 0.3 is 0 Å². The fourth-order valence-electron chi connectivity index (χ4n) is 4.14. The molecule has 1 aliphatic carbocycles. The SMILES string of the molecule is CCS(=O)(=O)N(C)c1ccc(OC2CCN(C(=O)CC3CCCCC3)CC2)nc1. The highest BCUT2D eigenvalue weighted by Crippen LogP contribution is 2.28. The molecular weight excluding hydrogens is 390 g/mol. The van der Waals surface area contributed by atoms with Crippen LogP contribution in [0.25, 0.3) is 0 Å². The zero-order valence-electron chi connectivity index (χ0n) is 17.5. The standard InChI is InChI=1S/C21H33N3O4S/c1-3-29(26,27)23(2)18-9-10-20(22-16-18)28-19-11-13-24(14-12-19)21(25)15-17-7-5-4-6-8-17/h9-10,16-17,19H,3-8,11-15H2,1-2H3. The highest BCUT2D eigenvalue weighted by atomic mass is 32.2. The van der Waals surface area contributed by atoms with Crippen molar-refractivity contribution in [2.45, 2.75) is 64.4 Å². The topological polar surface area (TPSA) is 79.8 Å².